The van der Waals surface area contributed by atoms with E-state index in [9.17, 15) is 4.79 Å². The first kappa shape index (κ1) is 11.5. The highest BCUT2D eigenvalue weighted by molar-refractivity contribution is 7.17. The predicted molar refractivity (Wildman–Crippen MR) is 68.2 cm³/mol. The molecule has 2 heterocycles. The zero-order chi connectivity index (χ0) is 12.4. The number of aryl methyl sites for hydroxylation is 1. The Hall–Kier alpha value is -1.95. The van der Waals surface area contributed by atoms with Crippen molar-refractivity contribution in [3.63, 3.8) is 0 Å². The number of amides is 1. The summed E-state index contributed by atoms with van der Waals surface area (Å²) in [6, 6.07) is 3.55. The van der Waals surface area contributed by atoms with Gasteiger partial charge in [0.1, 0.15) is 4.88 Å². The Labute approximate surface area is 103 Å². The highest BCUT2D eigenvalue weighted by atomic mass is 32.1. The van der Waals surface area contributed by atoms with E-state index in [1.165, 1.54) is 11.3 Å². The molecule has 6 heteroatoms. The van der Waals surface area contributed by atoms with Crippen LogP contribution in [0.15, 0.2) is 24.5 Å². The topological polar surface area (TPSA) is 72.1 Å². The van der Waals surface area contributed by atoms with Gasteiger partial charge in [0.25, 0.3) is 5.91 Å². The van der Waals surface area contributed by atoms with Crippen molar-refractivity contribution in [1.82, 2.24) is 9.97 Å². The Morgan fingerprint density at radius 1 is 1.41 bits per heavy atom. The number of hydrogen-bond donors (Lipinski definition) is 1. The molecule has 0 bridgehead atoms. The molecule has 0 aliphatic heterocycles. The van der Waals surface area contributed by atoms with E-state index in [-0.39, 0.29) is 5.91 Å². The number of aromatic nitrogens is 2. The number of anilines is 2. The van der Waals surface area contributed by atoms with Crippen molar-refractivity contribution in [3.8, 4) is 0 Å². The first-order chi connectivity index (χ1) is 8.09. The quantitative estimate of drug-likeness (QED) is 0.878. The van der Waals surface area contributed by atoms with Crippen molar-refractivity contribution in [3.05, 3.63) is 35.1 Å². The second kappa shape index (κ2) is 4.50. The van der Waals surface area contributed by atoms with Crippen LogP contribution in [0.2, 0.25) is 0 Å². The second-order valence-electron chi connectivity index (χ2n) is 3.54. The van der Waals surface area contributed by atoms with Crippen molar-refractivity contribution in [2.24, 2.45) is 0 Å². The predicted octanol–water partition coefficient (Wildman–Crippen LogP) is 1.71. The number of hydrogen-bond acceptors (Lipinski definition) is 5. The molecule has 2 aromatic rings. The second-order valence-corrected chi connectivity index (χ2v) is 4.57. The number of pyridine rings is 1. The molecule has 0 saturated heterocycles. The summed E-state index contributed by atoms with van der Waals surface area (Å²) < 4.78 is 0. The lowest BCUT2D eigenvalue weighted by Gasteiger charge is -2.16. The number of carbonyl (C=O) groups excluding carboxylic acids is 1. The van der Waals surface area contributed by atoms with E-state index in [0.29, 0.717) is 15.7 Å². The summed E-state index contributed by atoms with van der Waals surface area (Å²) in [5.74, 6) is -0.108. The third kappa shape index (κ3) is 2.26. The van der Waals surface area contributed by atoms with E-state index in [0.717, 1.165) is 5.69 Å². The van der Waals surface area contributed by atoms with Gasteiger partial charge in [0, 0.05) is 25.1 Å². The smallest absolute Gasteiger partial charge is 0.270 e. The van der Waals surface area contributed by atoms with Crippen LogP contribution in [0.25, 0.3) is 0 Å². The van der Waals surface area contributed by atoms with Crippen LogP contribution in [0.3, 0.4) is 0 Å². The number of nitrogens with two attached hydrogens (primary N) is 1. The van der Waals surface area contributed by atoms with Gasteiger partial charge in [0.15, 0.2) is 5.13 Å². The lowest BCUT2D eigenvalue weighted by atomic mass is 10.3. The standard InChI is InChI=1S/C11H12N4OS/c1-7-9(17-11(12)14-7)10(16)15(2)8-3-5-13-6-4-8/h3-6H,1-2H3,(H2,12,14). The number of carbonyl (C=O) groups is 1. The third-order valence-corrected chi connectivity index (χ3v) is 3.34. The molecule has 88 valence electrons. The molecule has 5 nitrogen and oxygen atoms in total. The van der Waals surface area contributed by atoms with E-state index in [1.807, 2.05) is 0 Å². The van der Waals surface area contributed by atoms with Gasteiger partial charge in [-0.2, -0.15) is 0 Å². The molecule has 0 aliphatic rings. The molecule has 2 rings (SSSR count). The number of nitrogens with zero attached hydrogens (tertiary/aromatic N) is 3. The lowest BCUT2D eigenvalue weighted by Crippen LogP contribution is -2.25. The minimum atomic E-state index is -0.108. The maximum absolute atomic E-state index is 12.2. The minimum absolute atomic E-state index is 0.108. The molecule has 0 radical (unpaired) electrons. The average molecular weight is 248 g/mol. The van der Waals surface area contributed by atoms with Crippen LogP contribution >= 0.6 is 11.3 Å². The van der Waals surface area contributed by atoms with Crippen LogP contribution in [-0.4, -0.2) is 22.9 Å². The van der Waals surface area contributed by atoms with Crippen molar-refractivity contribution in [2.45, 2.75) is 6.92 Å². The molecule has 0 aromatic carbocycles. The zero-order valence-corrected chi connectivity index (χ0v) is 10.4. The summed E-state index contributed by atoms with van der Waals surface area (Å²) in [5, 5.41) is 0.411. The van der Waals surface area contributed by atoms with E-state index < -0.39 is 0 Å². The van der Waals surface area contributed by atoms with Crippen LogP contribution in [0.5, 0.6) is 0 Å². The fourth-order valence-corrected chi connectivity index (χ4v) is 2.26. The molecular weight excluding hydrogens is 236 g/mol. The van der Waals surface area contributed by atoms with E-state index in [2.05, 4.69) is 9.97 Å². The summed E-state index contributed by atoms with van der Waals surface area (Å²) in [6.45, 7) is 1.78. The van der Waals surface area contributed by atoms with Gasteiger partial charge in [-0.05, 0) is 19.1 Å². The number of rotatable bonds is 2. The van der Waals surface area contributed by atoms with Gasteiger partial charge >= 0.3 is 0 Å². The van der Waals surface area contributed by atoms with Crippen molar-refractivity contribution in [2.75, 3.05) is 17.7 Å². The molecule has 0 spiro atoms. The monoisotopic (exact) mass is 248 g/mol. The van der Waals surface area contributed by atoms with Gasteiger partial charge in [-0.3, -0.25) is 9.78 Å². The maximum Gasteiger partial charge on any atom is 0.270 e. The molecular formula is C11H12N4OS. The molecule has 2 aromatic heterocycles. The molecule has 0 aliphatic carbocycles. The normalized spacial score (nSPS) is 10.2. The Kier molecular flexibility index (Phi) is 3.06. The van der Waals surface area contributed by atoms with Gasteiger partial charge in [-0.15, -0.1) is 0 Å². The summed E-state index contributed by atoms with van der Waals surface area (Å²) in [7, 11) is 1.72. The van der Waals surface area contributed by atoms with Crippen LogP contribution in [0, 0.1) is 6.92 Å². The van der Waals surface area contributed by atoms with Gasteiger partial charge in [0.05, 0.1) is 5.69 Å². The molecule has 0 atom stereocenters. The Bertz CT molecular complexity index is 538. The Balaban J connectivity index is 2.30. The molecule has 0 unspecified atom stereocenters. The largest absolute Gasteiger partial charge is 0.375 e. The zero-order valence-electron chi connectivity index (χ0n) is 9.54. The first-order valence-electron chi connectivity index (χ1n) is 5.00. The highest BCUT2D eigenvalue weighted by Crippen LogP contribution is 2.23. The van der Waals surface area contributed by atoms with Crippen molar-refractivity contribution >= 4 is 28.1 Å². The Morgan fingerprint density at radius 2 is 2.06 bits per heavy atom. The van der Waals surface area contributed by atoms with Gasteiger partial charge < -0.3 is 10.6 Å². The van der Waals surface area contributed by atoms with E-state index in [1.54, 1.807) is 43.4 Å². The maximum atomic E-state index is 12.2. The minimum Gasteiger partial charge on any atom is -0.375 e. The van der Waals surface area contributed by atoms with Crippen LogP contribution < -0.4 is 10.6 Å². The lowest BCUT2D eigenvalue weighted by molar-refractivity contribution is 0.0996. The summed E-state index contributed by atoms with van der Waals surface area (Å²) >= 11 is 1.21. The van der Waals surface area contributed by atoms with Crippen molar-refractivity contribution in [1.29, 1.82) is 0 Å². The summed E-state index contributed by atoms with van der Waals surface area (Å²) in [6.07, 6.45) is 3.29. The van der Waals surface area contributed by atoms with Crippen LogP contribution in [-0.2, 0) is 0 Å². The van der Waals surface area contributed by atoms with Gasteiger partial charge in [0.2, 0.25) is 0 Å². The van der Waals surface area contributed by atoms with Crippen molar-refractivity contribution < 1.29 is 4.79 Å². The van der Waals surface area contributed by atoms with Gasteiger partial charge in [-0.25, -0.2) is 4.98 Å². The molecule has 2 N–H and O–H groups in total. The molecule has 1 amide bonds. The van der Waals surface area contributed by atoms with Gasteiger partial charge in [-0.1, -0.05) is 11.3 Å². The van der Waals surface area contributed by atoms with Crippen LogP contribution in [0.4, 0.5) is 10.8 Å². The van der Waals surface area contributed by atoms with E-state index in [4.69, 9.17) is 5.73 Å². The SMILES string of the molecule is Cc1nc(N)sc1C(=O)N(C)c1ccncc1. The Morgan fingerprint density at radius 3 is 2.59 bits per heavy atom. The fourth-order valence-electron chi connectivity index (χ4n) is 1.45. The fraction of sp³-hybridized carbons (Fsp3) is 0.182. The van der Waals surface area contributed by atoms with Crippen LogP contribution in [0.1, 0.15) is 15.4 Å². The van der Waals surface area contributed by atoms with E-state index >= 15 is 0 Å². The summed E-state index contributed by atoms with van der Waals surface area (Å²) in [4.78, 5) is 22.3. The number of nitrogen functional groups attached to an aromatic ring is 1. The summed E-state index contributed by atoms with van der Waals surface area (Å²) in [5.41, 5.74) is 7.04. The third-order valence-electron chi connectivity index (χ3n) is 2.36. The molecule has 17 heavy (non-hydrogen) atoms. The molecule has 0 fully saturated rings. The first-order valence-corrected chi connectivity index (χ1v) is 5.82. The number of thiazole rings is 1. The highest BCUT2D eigenvalue weighted by Gasteiger charge is 2.19. The average Bonchev–Trinajstić information content (AvgIpc) is 2.68. The molecule has 0 saturated carbocycles.